The zero-order chi connectivity index (χ0) is 12.2. The number of hydrogen-bond donors (Lipinski definition) is 1. The van der Waals surface area contributed by atoms with Gasteiger partial charge in [-0.1, -0.05) is 12.1 Å². The van der Waals surface area contributed by atoms with E-state index < -0.39 is 5.79 Å². The van der Waals surface area contributed by atoms with Crippen molar-refractivity contribution in [3.05, 3.63) is 35.6 Å². The molecule has 0 fully saturated rings. The van der Waals surface area contributed by atoms with Crippen molar-refractivity contribution in [2.24, 2.45) is 0 Å². The first-order valence-electron chi connectivity index (χ1n) is 5.19. The van der Waals surface area contributed by atoms with Gasteiger partial charge in [-0.15, -0.1) is 12.4 Å². The van der Waals surface area contributed by atoms with Gasteiger partial charge in [0.05, 0.1) is 6.61 Å². The second kappa shape index (κ2) is 6.91. The Morgan fingerprint density at radius 2 is 2.06 bits per heavy atom. The number of benzene rings is 1. The molecular weight excluding hydrogens is 245 g/mol. The van der Waals surface area contributed by atoms with E-state index in [1.165, 1.54) is 19.1 Å². The van der Waals surface area contributed by atoms with Gasteiger partial charge >= 0.3 is 0 Å². The molecule has 0 aromatic heterocycles. The van der Waals surface area contributed by atoms with Gasteiger partial charge in [-0.05, 0) is 33.2 Å². The largest absolute Gasteiger partial charge is 0.362 e. The minimum Gasteiger partial charge on any atom is -0.362 e. The van der Waals surface area contributed by atoms with Gasteiger partial charge in [0.25, 0.3) is 0 Å². The third-order valence-electron chi connectivity index (χ3n) is 2.28. The topological polar surface area (TPSA) is 32.7 Å². The quantitative estimate of drug-likeness (QED) is 0.825. The molecule has 0 heterocycles. The predicted octanol–water partition coefficient (Wildman–Crippen LogP) is 1.99. The molecule has 0 spiro atoms. The summed E-state index contributed by atoms with van der Waals surface area (Å²) in [5, 5.41) is 10.0. The molecule has 0 aliphatic carbocycles. The van der Waals surface area contributed by atoms with E-state index in [0.29, 0.717) is 18.7 Å². The summed E-state index contributed by atoms with van der Waals surface area (Å²) in [5.74, 6) is -1.83. The van der Waals surface area contributed by atoms with Gasteiger partial charge in [-0.2, -0.15) is 0 Å². The van der Waals surface area contributed by atoms with Gasteiger partial charge in [0.15, 0.2) is 5.79 Å². The molecule has 0 aliphatic rings. The number of halogens is 2. The molecule has 98 valence electrons. The number of rotatable bonds is 5. The van der Waals surface area contributed by atoms with E-state index >= 15 is 0 Å². The monoisotopic (exact) mass is 263 g/mol. The highest BCUT2D eigenvalue weighted by Gasteiger charge is 2.23. The Kier molecular flexibility index (Phi) is 6.64. The molecule has 0 radical (unpaired) electrons. The van der Waals surface area contributed by atoms with Gasteiger partial charge in [-0.25, -0.2) is 4.39 Å². The second-order valence-electron chi connectivity index (χ2n) is 4.14. The molecular formula is C12H19ClFNO2. The highest BCUT2D eigenvalue weighted by molar-refractivity contribution is 5.85. The molecule has 3 nitrogen and oxygen atoms in total. The zero-order valence-electron chi connectivity index (χ0n) is 10.3. The molecule has 5 heteroatoms. The van der Waals surface area contributed by atoms with E-state index in [2.05, 4.69) is 0 Å². The normalized spacial score (nSPS) is 14.2. The van der Waals surface area contributed by atoms with Gasteiger partial charge in [0.1, 0.15) is 5.82 Å². The fourth-order valence-electron chi connectivity index (χ4n) is 1.29. The zero-order valence-corrected chi connectivity index (χ0v) is 11.1. The number of aliphatic hydroxyl groups is 1. The summed E-state index contributed by atoms with van der Waals surface area (Å²) in [6.07, 6.45) is 0. The lowest BCUT2D eigenvalue weighted by molar-refractivity contribution is -0.199. The van der Waals surface area contributed by atoms with Crippen LogP contribution in [0.3, 0.4) is 0 Å². The molecule has 0 saturated carbocycles. The number of likely N-dealkylation sites (N-methyl/N-ethyl adjacent to an activating group) is 1. The van der Waals surface area contributed by atoms with Crippen LogP contribution < -0.4 is 0 Å². The first-order valence-corrected chi connectivity index (χ1v) is 5.19. The highest BCUT2D eigenvalue weighted by Crippen LogP contribution is 2.22. The van der Waals surface area contributed by atoms with E-state index in [4.69, 9.17) is 4.74 Å². The van der Waals surface area contributed by atoms with Crippen molar-refractivity contribution in [3.63, 3.8) is 0 Å². The Bertz CT molecular complexity index is 345. The molecule has 1 unspecified atom stereocenters. The van der Waals surface area contributed by atoms with E-state index in [1.807, 2.05) is 19.0 Å². The third-order valence-corrected chi connectivity index (χ3v) is 2.28. The maximum atomic E-state index is 13.0. The summed E-state index contributed by atoms with van der Waals surface area (Å²) < 4.78 is 18.3. The molecule has 1 aromatic carbocycles. The van der Waals surface area contributed by atoms with Crippen LogP contribution in [0.2, 0.25) is 0 Å². The Morgan fingerprint density at radius 3 is 2.59 bits per heavy atom. The summed E-state index contributed by atoms with van der Waals surface area (Å²) in [4.78, 5) is 1.95. The maximum Gasteiger partial charge on any atom is 0.189 e. The van der Waals surface area contributed by atoms with E-state index in [0.717, 1.165) is 0 Å². The fourth-order valence-corrected chi connectivity index (χ4v) is 1.29. The molecule has 0 bridgehead atoms. The van der Waals surface area contributed by atoms with Crippen LogP contribution in [0.1, 0.15) is 12.5 Å². The van der Waals surface area contributed by atoms with Crippen molar-refractivity contribution in [3.8, 4) is 0 Å². The first-order chi connectivity index (χ1) is 7.42. The van der Waals surface area contributed by atoms with Gasteiger partial charge in [0.2, 0.25) is 0 Å². The summed E-state index contributed by atoms with van der Waals surface area (Å²) in [5.41, 5.74) is 0.422. The maximum absolute atomic E-state index is 13.0. The molecule has 0 amide bonds. The third kappa shape index (κ3) is 5.46. The molecule has 0 saturated heterocycles. The highest BCUT2D eigenvalue weighted by atomic mass is 35.5. The summed E-state index contributed by atoms with van der Waals surface area (Å²) in [7, 11) is 3.83. The fraction of sp³-hybridized carbons (Fsp3) is 0.500. The second-order valence-corrected chi connectivity index (χ2v) is 4.14. The van der Waals surface area contributed by atoms with E-state index in [1.54, 1.807) is 12.1 Å². The lowest BCUT2D eigenvalue weighted by Gasteiger charge is -2.25. The van der Waals surface area contributed by atoms with E-state index in [-0.39, 0.29) is 18.2 Å². The number of ether oxygens (including phenoxy) is 1. The number of hydrogen-bond acceptors (Lipinski definition) is 3. The van der Waals surface area contributed by atoms with Gasteiger partial charge < -0.3 is 14.7 Å². The lowest BCUT2D eigenvalue weighted by Crippen LogP contribution is -2.29. The molecule has 1 atom stereocenters. The Morgan fingerprint density at radius 1 is 1.41 bits per heavy atom. The van der Waals surface area contributed by atoms with Crippen LogP contribution in [-0.4, -0.2) is 37.3 Å². The molecule has 1 N–H and O–H groups in total. The number of nitrogens with zero attached hydrogens (tertiary/aromatic N) is 1. The summed E-state index contributed by atoms with van der Waals surface area (Å²) in [6, 6.07) is 5.79. The van der Waals surface area contributed by atoms with Crippen LogP contribution in [0.25, 0.3) is 0 Å². The van der Waals surface area contributed by atoms with Crippen molar-refractivity contribution in [2.75, 3.05) is 27.2 Å². The van der Waals surface area contributed by atoms with Crippen LogP contribution in [0.4, 0.5) is 4.39 Å². The Labute approximate surface area is 108 Å². The smallest absolute Gasteiger partial charge is 0.189 e. The molecule has 1 rings (SSSR count). The van der Waals surface area contributed by atoms with Crippen molar-refractivity contribution < 1.29 is 14.2 Å². The SMILES string of the molecule is CN(C)CCOC(C)(O)c1cccc(F)c1.Cl. The Balaban J connectivity index is 0.00000256. The van der Waals surface area contributed by atoms with Crippen molar-refractivity contribution in [1.82, 2.24) is 4.90 Å². The van der Waals surface area contributed by atoms with Crippen LogP contribution in [0.15, 0.2) is 24.3 Å². The molecule has 1 aromatic rings. The summed E-state index contributed by atoms with van der Waals surface area (Å²) >= 11 is 0. The van der Waals surface area contributed by atoms with Crippen molar-refractivity contribution in [1.29, 1.82) is 0 Å². The minimum absolute atomic E-state index is 0. The molecule has 17 heavy (non-hydrogen) atoms. The van der Waals surface area contributed by atoms with Crippen LogP contribution in [-0.2, 0) is 10.5 Å². The lowest BCUT2D eigenvalue weighted by atomic mass is 10.1. The minimum atomic E-state index is -1.45. The van der Waals surface area contributed by atoms with Crippen LogP contribution >= 0.6 is 12.4 Å². The van der Waals surface area contributed by atoms with Crippen molar-refractivity contribution >= 4 is 12.4 Å². The average Bonchev–Trinajstić information content (AvgIpc) is 2.16. The molecule has 0 aliphatic heterocycles. The van der Waals surface area contributed by atoms with Gasteiger partial charge in [0, 0.05) is 12.1 Å². The first kappa shape index (κ1) is 16.3. The van der Waals surface area contributed by atoms with Crippen LogP contribution in [0.5, 0.6) is 0 Å². The average molecular weight is 264 g/mol. The predicted molar refractivity (Wildman–Crippen MR) is 67.7 cm³/mol. The van der Waals surface area contributed by atoms with E-state index in [9.17, 15) is 9.50 Å². The Hall–Kier alpha value is -0.680. The van der Waals surface area contributed by atoms with Gasteiger partial charge in [-0.3, -0.25) is 0 Å². The van der Waals surface area contributed by atoms with Crippen LogP contribution in [0, 0.1) is 5.82 Å². The standard InChI is InChI=1S/C12H18FNO2.ClH/c1-12(15,16-8-7-14(2)3)10-5-4-6-11(13)9-10;/h4-6,9,15H,7-8H2,1-3H3;1H. The van der Waals surface area contributed by atoms with Crippen molar-refractivity contribution in [2.45, 2.75) is 12.7 Å². The summed E-state index contributed by atoms with van der Waals surface area (Å²) in [6.45, 7) is 2.60.